The van der Waals surface area contributed by atoms with E-state index in [1.807, 2.05) is 4.90 Å². The standard InChI is InChI=1S/C11H23N3O2/c1-2-5-13-6-8-14(9-7-13)10(3-4-12)11(15)16/h10H,2-9,12H2,1H3,(H,15,16). The van der Waals surface area contributed by atoms with E-state index in [2.05, 4.69) is 11.8 Å². The van der Waals surface area contributed by atoms with Gasteiger partial charge in [0.25, 0.3) is 0 Å². The zero-order chi connectivity index (χ0) is 12.0. The Labute approximate surface area is 97.2 Å². The monoisotopic (exact) mass is 229 g/mol. The molecule has 16 heavy (non-hydrogen) atoms. The highest BCUT2D eigenvalue weighted by atomic mass is 16.4. The summed E-state index contributed by atoms with van der Waals surface area (Å²) >= 11 is 0. The Kier molecular flexibility index (Phi) is 5.73. The summed E-state index contributed by atoms with van der Waals surface area (Å²) in [5.74, 6) is -0.741. The van der Waals surface area contributed by atoms with E-state index in [0.29, 0.717) is 13.0 Å². The Bertz CT molecular complexity index is 215. The van der Waals surface area contributed by atoms with Gasteiger partial charge in [-0.05, 0) is 25.9 Å². The van der Waals surface area contributed by atoms with E-state index < -0.39 is 12.0 Å². The maximum absolute atomic E-state index is 11.1. The minimum Gasteiger partial charge on any atom is -0.480 e. The van der Waals surface area contributed by atoms with Crippen molar-refractivity contribution in [2.24, 2.45) is 5.73 Å². The van der Waals surface area contributed by atoms with E-state index in [1.54, 1.807) is 0 Å². The van der Waals surface area contributed by atoms with E-state index in [0.717, 1.165) is 39.1 Å². The number of carboxylic acids is 1. The first-order chi connectivity index (χ1) is 7.69. The molecule has 1 rings (SSSR count). The molecule has 0 aliphatic carbocycles. The van der Waals surface area contributed by atoms with Gasteiger partial charge >= 0.3 is 5.97 Å². The molecule has 3 N–H and O–H groups in total. The van der Waals surface area contributed by atoms with Crippen LogP contribution in [0.15, 0.2) is 0 Å². The van der Waals surface area contributed by atoms with Crippen LogP contribution in [0.5, 0.6) is 0 Å². The molecule has 1 atom stereocenters. The number of aliphatic carboxylic acids is 1. The van der Waals surface area contributed by atoms with Crippen molar-refractivity contribution in [1.29, 1.82) is 0 Å². The van der Waals surface area contributed by atoms with Crippen molar-refractivity contribution in [3.05, 3.63) is 0 Å². The van der Waals surface area contributed by atoms with Gasteiger partial charge in [0.15, 0.2) is 0 Å². The van der Waals surface area contributed by atoms with Crippen molar-refractivity contribution in [2.45, 2.75) is 25.8 Å². The van der Waals surface area contributed by atoms with Gasteiger partial charge < -0.3 is 15.7 Å². The molecule has 1 aliphatic heterocycles. The van der Waals surface area contributed by atoms with Crippen molar-refractivity contribution < 1.29 is 9.90 Å². The van der Waals surface area contributed by atoms with Gasteiger partial charge in [0.2, 0.25) is 0 Å². The van der Waals surface area contributed by atoms with Gasteiger partial charge in [-0.2, -0.15) is 0 Å². The second kappa shape index (κ2) is 6.83. The zero-order valence-electron chi connectivity index (χ0n) is 10.1. The predicted octanol–water partition coefficient (Wildman–Crippen LogP) is -0.184. The van der Waals surface area contributed by atoms with Crippen LogP contribution in [-0.4, -0.2) is 66.2 Å². The van der Waals surface area contributed by atoms with Crippen molar-refractivity contribution >= 4 is 5.97 Å². The smallest absolute Gasteiger partial charge is 0.320 e. The molecule has 94 valence electrons. The molecule has 0 aromatic carbocycles. The summed E-state index contributed by atoms with van der Waals surface area (Å²) in [6, 6.07) is -0.395. The van der Waals surface area contributed by atoms with Crippen molar-refractivity contribution in [3.8, 4) is 0 Å². The fraction of sp³-hybridized carbons (Fsp3) is 0.909. The summed E-state index contributed by atoms with van der Waals surface area (Å²) < 4.78 is 0. The lowest BCUT2D eigenvalue weighted by molar-refractivity contribution is -0.144. The Morgan fingerprint density at radius 2 is 2.00 bits per heavy atom. The molecule has 1 saturated heterocycles. The fourth-order valence-electron chi connectivity index (χ4n) is 2.23. The molecule has 1 unspecified atom stereocenters. The molecule has 0 aromatic rings. The molecular weight excluding hydrogens is 206 g/mol. The first-order valence-electron chi connectivity index (χ1n) is 6.08. The molecular formula is C11H23N3O2. The molecule has 0 amide bonds. The first kappa shape index (κ1) is 13.4. The lowest BCUT2D eigenvalue weighted by Gasteiger charge is -2.37. The second-order valence-electron chi connectivity index (χ2n) is 4.31. The summed E-state index contributed by atoms with van der Waals surface area (Å²) in [4.78, 5) is 15.5. The van der Waals surface area contributed by atoms with Crippen LogP contribution in [-0.2, 0) is 4.79 Å². The van der Waals surface area contributed by atoms with Gasteiger partial charge in [-0.1, -0.05) is 6.92 Å². The van der Waals surface area contributed by atoms with Crippen LogP contribution >= 0.6 is 0 Å². The van der Waals surface area contributed by atoms with E-state index in [4.69, 9.17) is 10.8 Å². The third-order valence-electron chi connectivity index (χ3n) is 3.11. The molecule has 5 heteroatoms. The third-order valence-corrected chi connectivity index (χ3v) is 3.11. The summed E-state index contributed by atoms with van der Waals surface area (Å²) in [7, 11) is 0. The van der Waals surface area contributed by atoms with Gasteiger partial charge in [0.05, 0.1) is 0 Å². The Balaban J connectivity index is 2.41. The highest BCUT2D eigenvalue weighted by molar-refractivity contribution is 5.73. The van der Waals surface area contributed by atoms with Gasteiger partial charge in [0.1, 0.15) is 6.04 Å². The van der Waals surface area contributed by atoms with Crippen molar-refractivity contribution in [3.63, 3.8) is 0 Å². The summed E-state index contributed by atoms with van der Waals surface area (Å²) in [6.07, 6.45) is 1.70. The average molecular weight is 229 g/mol. The number of rotatable bonds is 6. The SMILES string of the molecule is CCCN1CCN(C(CCN)C(=O)O)CC1. The first-order valence-corrected chi connectivity index (χ1v) is 6.08. The summed E-state index contributed by atoms with van der Waals surface area (Å²) in [5, 5.41) is 9.12. The minimum atomic E-state index is -0.741. The lowest BCUT2D eigenvalue weighted by atomic mass is 10.1. The number of hydrogen-bond acceptors (Lipinski definition) is 4. The molecule has 0 saturated carbocycles. The van der Waals surface area contributed by atoms with Gasteiger partial charge in [-0.25, -0.2) is 0 Å². The lowest BCUT2D eigenvalue weighted by Crippen LogP contribution is -2.53. The van der Waals surface area contributed by atoms with Crippen LogP contribution in [0.1, 0.15) is 19.8 Å². The van der Waals surface area contributed by atoms with E-state index in [-0.39, 0.29) is 0 Å². The molecule has 0 bridgehead atoms. The second-order valence-corrected chi connectivity index (χ2v) is 4.31. The molecule has 0 radical (unpaired) electrons. The predicted molar refractivity (Wildman–Crippen MR) is 63.4 cm³/mol. The quantitative estimate of drug-likeness (QED) is 0.661. The Morgan fingerprint density at radius 3 is 2.44 bits per heavy atom. The Morgan fingerprint density at radius 1 is 1.38 bits per heavy atom. The van der Waals surface area contributed by atoms with Crippen LogP contribution < -0.4 is 5.73 Å². The minimum absolute atomic E-state index is 0.395. The number of nitrogens with zero attached hydrogens (tertiary/aromatic N) is 2. The molecule has 0 aromatic heterocycles. The van der Waals surface area contributed by atoms with Crippen LogP contribution in [0.25, 0.3) is 0 Å². The zero-order valence-corrected chi connectivity index (χ0v) is 10.1. The maximum Gasteiger partial charge on any atom is 0.320 e. The van der Waals surface area contributed by atoms with E-state index in [9.17, 15) is 4.79 Å². The topological polar surface area (TPSA) is 69.8 Å². The molecule has 1 aliphatic rings. The van der Waals surface area contributed by atoms with Gasteiger partial charge in [-0.15, -0.1) is 0 Å². The van der Waals surface area contributed by atoms with E-state index >= 15 is 0 Å². The van der Waals surface area contributed by atoms with Crippen LogP contribution in [0, 0.1) is 0 Å². The molecule has 1 fully saturated rings. The maximum atomic E-state index is 11.1. The molecule has 5 nitrogen and oxygen atoms in total. The summed E-state index contributed by atoms with van der Waals surface area (Å²) in [6.45, 7) is 7.35. The van der Waals surface area contributed by atoms with E-state index in [1.165, 1.54) is 0 Å². The average Bonchev–Trinajstić information content (AvgIpc) is 2.27. The number of carbonyl (C=O) groups is 1. The number of hydrogen-bond donors (Lipinski definition) is 2. The normalized spacial score (nSPS) is 20.9. The van der Waals surface area contributed by atoms with Gasteiger partial charge in [0, 0.05) is 26.2 Å². The number of piperazine rings is 1. The largest absolute Gasteiger partial charge is 0.480 e. The van der Waals surface area contributed by atoms with Crippen LogP contribution in [0.3, 0.4) is 0 Å². The summed E-state index contributed by atoms with van der Waals surface area (Å²) in [5.41, 5.74) is 5.45. The van der Waals surface area contributed by atoms with Gasteiger partial charge in [-0.3, -0.25) is 9.69 Å². The fourth-order valence-corrected chi connectivity index (χ4v) is 2.23. The number of nitrogens with two attached hydrogens (primary N) is 1. The Hall–Kier alpha value is -0.650. The highest BCUT2D eigenvalue weighted by Crippen LogP contribution is 2.09. The molecule has 1 heterocycles. The van der Waals surface area contributed by atoms with Crippen LogP contribution in [0.4, 0.5) is 0 Å². The number of carboxylic acid groups (broad SMARTS) is 1. The van der Waals surface area contributed by atoms with Crippen molar-refractivity contribution in [1.82, 2.24) is 9.80 Å². The highest BCUT2D eigenvalue weighted by Gasteiger charge is 2.27. The molecule has 0 spiro atoms. The van der Waals surface area contributed by atoms with Crippen molar-refractivity contribution in [2.75, 3.05) is 39.3 Å². The van der Waals surface area contributed by atoms with Crippen LogP contribution in [0.2, 0.25) is 0 Å². The third kappa shape index (κ3) is 3.73.